The second-order valence-electron chi connectivity index (χ2n) is 6.14. The molecule has 0 spiro atoms. The van der Waals surface area contributed by atoms with Crippen molar-refractivity contribution < 1.29 is 0 Å². The molecule has 0 bridgehead atoms. The zero-order valence-electron chi connectivity index (χ0n) is 14.2. The summed E-state index contributed by atoms with van der Waals surface area (Å²) in [5, 5.41) is 8.94. The van der Waals surface area contributed by atoms with E-state index in [1.807, 2.05) is 24.4 Å². The molecule has 25 heavy (non-hydrogen) atoms. The first-order chi connectivity index (χ1) is 12.3. The summed E-state index contributed by atoms with van der Waals surface area (Å²) in [6.45, 7) is 5.71. The second kappa shape index (κ2) is 6.84. The fraction of sp³-hybridized carbons (Fsp3) is 0.263. The number of benzene rings is 1. The lowest BCUT2D eigenvalue weighted by atomic mass is 10.1. The monoisotopic (exact) mass is 332 g/mol. The fourth-order valence-electron chi connectivity index (χ4n) is 3.14. The Hall–Kier alpha value is -3.02. The summed E-state index contributed by atoms with van der Waals surface area (Å²) in [5.41, 5.74) is 3.17. The smallest absolute Gasteiger partial charge is 0.154 e. The van der Waals surface area contributed by atoms with Gasteiger partial charge >= 0.3 is 0 Å². The molecule has 1 aliphatic heterocycles. The second-order valence-corrected chi connectivity index (χ2v) is 6.14. The number of anilines is 2. The molecular formula is C19H20N6. The van der Waals surface area contributed by atoms with E-state index in [-0.39, 0.29) is 0 Å². The Kier molecular flexibility index (Phi) is 4.24. The van der Waals surface area contributed by atoms with Gasteiger partial charge in [0.15, 0.2) is 5.82 Å². The number of piperazine rings is 1. The molecule has 1 aliphatic rings. The highest BCUT2D eigenvalue weighted by Gasteiger charge is 2.21. The summed E-state index contributed by atoms with van der Waals surface area (Å²) in [5.74, 6) is 1.91. The Balaban J connectivity index is 1.48. The lowest BCUT2D eigenvalue weighted by Crippen LogP contribution is -2.47. The molecule has 4 rings (SSSR count). The van der Waals surface area contributed by atoms with Crippen LogP contribution in [0, 0.1) is 6.92 Å². The van der Waals surface area contributed by atoms with Crippen LogP contribution in [0.5, 0.6) is 0 Å². The van der Waals surface area contributed by atoms with Crippen molar-refractivity contribution in [2.75, 3.05) is 36.0 Å². The van der Waals surface area contributed by atoms with Gasteiger partial charge in [0.1, 0.15) is 5.82 Å². The highest BCUT2D eigenvalue weighted by molar-refractivity contribution is 5.62. The third-order valence-electron chi connectivity index (χ3n) is 4.48. The summed E-state index contributed by atoms with van der Waals surface area (Å²) >= 11 is 0. The molecule has 0 atom stereocenters. The predicted octanol–water partition coefficient (Wildman–Crippen LogP) is 2.57. The summed E-state index contributed by atoms with van der Waals surface area (Å²) < 4.78 is 0. The van der Waals surface area contributed by atoms with Gasteiger partial charge in [-0.05, 0) is 18.6 Å². The van der Waals surface area contributed by atoms with Crippen molar-refractivity contribution >= 4 is 11.6 Å². The Labute approximate surface area is 147 Å². The topological polar surface area (TPSA) is 58.0 Å². The van der Waals surface area contributed by atoms with Gasteiger partial charge in [-0.15, -0.1) is 10.2 Å². The normalized spacial score (nSPS) is 14.6. The summed E-state index contributed by atoms with van der Waals surface area (Å²) in [4.78, 5) is 13.1. The number of nitrogens with zero attached hydrogens (tertiary/aromatic N) is 6. The fourth-order valence-corrected chi connectivity index (χ4v) is 3.14. The number of hydrogen-bond acceptors (Lipinski definition) is 6. The van der Waals surface area contributed by atoms with Gasteiger partial charge in [-0.1, -0.05) is 30.3 Å². The molecule has 1 saturated heterocycles. The molecule has 0 radical (unpaired) electrons. The van der Waals surface area contributed by atoms with Gasteiger partial charge in [0.2, 0.25) is 0 Å². The minimum Gasteiger partial charge on any atom is -0.352 e. The van der Waals surface area contributed by atoms with Gasteiger partial charge in [-0.25, -0.2) is 4.98 Å². The maximum absolute atomic E-state index is 4.51. The van der Waals surface area contributed by atoms with Crippen LogP contribution in [0.15, 0.2) is 55.0 Å². The Bertz CT molecular complexity index is 829. The number of rotatable bonds is 3. The molecule has 3 aromatic rings. The third kappa shape index (κ3) is 3.28. The van der Waals surface area contributed by atoms with Gasteiger partial charge in [0, 0.05) is 44.1 Å². The van der Waals surface area contributed by atoms with Gasteiger partial charge in [0.05, 0.1) is 11.9 Å². The standard InChI is InChI=1S/C19H20N6/c1-15-13-17(16-5-3-2-4-6-16)22-23-19(15)25-11-9-24(10-12-25)18-14-20-7-8-21-18/h2-8,13-14H,9-12H2,1H3. The first-order valence-corrected chi connectivity index (χ1v) is 8.47. The molecular weight excluding hydrogens is 312 g/mol. The highest BCUT2D eigenvalue weighted by atomic mass is 15.3. The molecule has 6 heteroatoms. The molecule has 126 valence electrons. The first kappa shape index (κ1) is 15.5. The van der Waals surface area contributed by atoms with Crippen molar-refractivity contribution in [2.24, 2.45) is 0 Å². The zero-order chi connectivity index (χ0) is 17.1. The van der Waals surface area contributed by atoms with Crippen molar-refractivity contribution in [1.82, 2.24) is 20.2 Å². The first-order valence-electron chi connectivity index (χ1n) is 8.47. The van der Waals surface area contributed by atoms with Crippen LogP contribution in [0.1, 0.15) is 5.56 Å². The van der Waals surface area contributed by atoms with Gasteiger partial charge in [-0.2, -0.15) is 0 Å². The molecule has 0 amide bonds. The SMILES string of the molecule is Cc1cc(-c2ccccc2)nnc1N1CCN(c2cnccn2)CC1. The molecule has 0 aliphatic carbocycles. The lowest BCUT2D eigenvalue weighted by Gasteiger charge is -2.36. The minimum absolute atomic E-state index is 0.900. The average molecular weight is 332 g/mol. The Morgan fingerprint density at radius 1 is 0.880 bits per heavy atom. The predicted molar refractivity (Wildman–Crippen MR) is 98.7 cm³/mol. The molecule has 0 saturated carbocycles. The van der Waals surface area contributed by atoms with Gasteiger partial charge in [-0.3, -0.25) is 4.98 Å². The summed E-state index contributed by atoms with van der Waals surface area (Å²) in [6.07, 6.45) is 5.25. The van der Waals surface area contributed by atoms with Crippen molar-refractivity contribution in [3.63, 3.8) is 0 Å². The molecule has 3 heterocycles. The molecule has 2 aromatic heterocycles. The van der Waals surface area contributed by atoms with E-state index in [0.717, 1.165) is 54.6 Å². The largest absolute Gasteiger partial charge is 0.352 e. The molecule has 0 unspecified atom stereocenters. The minimum atomic E-state index is 0.900. The van der Waals surface area contributed by atoms with Crippen LogP contribution in [0.25, 0.3) is 11.3 Å². The van der Waals surface area contributed by atoms with E-state index < -0.39 is 0 Å². The third-order valence-corrected chi connectivity index (χ3v) is 4.48. The maximum Gasteiger partial charge on any atom is 0.154 e. The molecule has 6 nitrogen and oxygen atoms in total. The molecule has 0 N–H and O–H groups in total. The quantitative estimate of drug-likeness (QED) is 0.735. The van der Waals surface area contributed by atoms with Gasteiger partial charge in [0.25, 0.3) is 0 Å². The van der Waals surface area contributed by atoms with Crippen molar-refractivity contribution in [1.29, 1.82) is 0 Å². The highest BCUT2D eigenvalue weighted by Crippen LogP contribution is 2.23. The lowest BCUT2D eigenvalue weighted by molar-refractivity contribution is 0.635. The van der Waals surface area contributed by atoms with Crippen LogP contribution in [-0.4, -0.2) is 46.3 Å². The number of aryl methyl sites for hydroxylation is 1. The van der Waals surface area contributed by atoms with E-state index >= 15 is 0 Å². The van der Waals surface area contributed by atoms with Crippen LogP contribution in [0.4, 0.5) is 11.6 Å². The average Bonchev–Trinajstić information content (AvgIpc) is 2.69. The van der Waals surface area contributed by atoms with E-state index in [9.17, 15) is 0 Å². The molecule has 1 aromatic carbocycles. The summed E-state index contributed by atoms with van der Waals surface area (Å²) in [7, 11) is 0. The van der Waals surface area contributed by atoms with E-state index in [4.69, 9.17) is 0 Å². The zero-order valence-corrected chi connectivity index (χ0v) is 14.2. The summed E-state index contributed by atoms with van der Waals surface area (Å²) in [6, 6.07) is 12.3. The van der Waals surface area contributed by atoms with Crippen molar-refractivity contribution in [3.05, 3.63) is 60.6 Å². The molecule has 1 fully saturated rings. The van der Waals surface area contributed by atoms with Crippen LogP contribution in [0.3, 0.4) is 0 Å². The van der Waals surface area contributed by atoms with Crippen molar-refractivity contribution in [3.8, 4) is 11.3 Å². The van der Waals surface area contributed by atoms with E-state index in [1.54, 1.807) is 12.4 Å². The van der Waals surface area contributed by atoms with Crippen LogP contribution >= 0.6 is 0 Å². The van der Waals surface area contributed by atoms with E-state index in [2.05, 4.69) is 55.1 Å². The Morgan fingerprint density at radius 2 is 1.64 bits per heavy atom. The Morgan fingerprint density at radius 3 is 2.32 bits per heavy atom. The van der Waals surface area contributed by atoms with Crippen LogP contribution < -0.4 is 9.80 Å². The van der Waals surface area contributed by atoms with Crippen LogP contribution in [0.2, 0.25) is 0 Å². The number of hydrogen-bond donors (Lipinski definition) is 0. The maximum atomic E-state index is 4.51. The van der Waals surface area contributed by atoms with E-state index in [0.29, 0.717) is 0 Å². The number of aromatic nitrogens is 4. The van der Waals surface area contributed by atoms with Gasteiger partial charge < -0.3 is 9.80 Å². The van der Waals surface area contributed by atoms with Crippen molar-refractivity contribution in [2.45, 2.75) is 6.92 Å². The van der Waals surface area contributed by atoms with Crippen LogP contribution in [-0.2, 0) is 0 Å². The van der Waals surface area contributed by atoms with E-state index in [1.165, 1.54) is 0 Å².